The summed E-state index contributed by atoms with van der Waals surface area (Å²) >= 11 is 1.77. The normalized spacial score (nSPS) is 16.0. The Hall–Kier alpha value is -3.04. The van der Waals surface area contributed by atoms with E-state index in [2.05, 4.69) is 41.2 Å². The van der Waals surface area contributed by atoms with E-state index in [1.807, 2.05) is 18.2 Å². The van der Waals surface area contributed by atoms with E-state index in [-0.39, 0.29) is 5.91 Å². The van der Waals surface area contributed by atoms with Gasteiger partial charge in [-0.2, -0.15) is 0 Å². The third-order valence-corrected chi connectivity index (χ3v) is 7.60. The first-order chi connectivity index (χ1) is 16.3. The molecule has 182 valence electrons. The number of nitrogens with one attached hydrogen (secondary N) is 2. The second kappa shape index (κ2) is 11.4. The Labute approximate surface area is 205 Å². The van der Waals surface area contributed by atoms with Gasteiger partial charge >= 0.3 is 0 Å². The monoisotopic (exact) mass is 482 g/mol. The molecule has 9 heteroatoms. The van der Waals surface area contributed by atoms with Gasteiger partial charge in [0.2, 0.25) is 12.3 Å². The summed E-state index contributed by atoms with van der Waals surface area (Å²) in [5.74, 6) is 0.131. The van der Waals surface area contributed by atoms with Crippen molar-refractivity contribution < 1.29 is 9.59 Å². The lowest BCUT2D eigenvalue weighted by Gasteiger charge is -2.28. The van der Waals surface area contributed by atoms with Crippen molar-refractivity contribution in [2.24, 2.45) is 12.8 Å². The molecule has 3 heterocycles. The molecule has 0 atom stereocenters. The highest BCUT2D eigenvalue weighted by Gasteiger charge is 2.23. The van der Waals surface area contributed by atoms with Crippen molar-refractivity contribution in [3.05, 3.63) is 58.1 Å². The van der Waals surface area contributed by atoms with Gasteiger partial charge in [0.05, 0.1) is 5.69 Å². The Kier molecular flexibility index (Phi) is 8.57. The summed E-state index contributed by atoms with van der Waals surface area (Å²) in [4.78, 5) is 24.9. The van der Waals surface area contributed by atoms with E-state index >= 15 is 0 Å². The number of hydrogen-bond acceptors (Lipinski definition) is 6. The van der Waals surface area contributed by atoms with Crippen molar-refractivity contribution in [1.29, 1.82) is 5.41 Å². The predicted octanol–water partition coefficient (Wildman–Crippen LogP) is 3.06. The van der Waals surface area contributed by atoms with Crippen LogP contribution >= 0.6 is 11.9 Å². The number of carbonyl (C=O) groups excluding carboxylic acids is 2. The fraction of sp³-hybridized carbons (Fsp3) is 0.400. The maximum absolute atomic E-state index is 11.6. The Morgan fingerprint density at radius 1 is 1.21 bits per heavy atom. The molecule has 2 amide bonds. The molecule has 0 saturated heterocycles. The maximum Gasteiger partial charge on any atom is 0.227 e. The number of carbonyl (C=O) groups is 2. The number of nitrogens with zero attached hydrogens (tertiary/aromatic N) is 3. The van der Waals surface area contributed by atoms with Gasteiger partial charge in [-0.25, -0.2) is 4.31 Å². The average Bonchev–Trinajstić information content (AvgIpc) is 3.08. The van der Waals surface area contributed by atoms with E-state index in [1.165, 1.54) is 28.1 Å². The van der Waals surface area contributed by atoms with Gasteiger partial charge in [-0.05, 0) is 49.4 Å². The number of anilines is 1. The molecule has 0 radical (unpaired) electrons. The number of hydrogen-bond donors (Lipinski definition) is 3. The minimum Gasteiger partial charge on any atom is -0.402 e. The van der Waals surface area contributed by atoms with Gasteiger partial charge in [-0.3, -0.25) is 9.59 Å². The van der Waals surface area contributed by atoms with Gasteiger partial charge in [0.25, 0.3) is 0 Å². The second-order valence-electron chi connectivity index (χ2n) is 8.57. The smallest absolute Gasteiger partial charge is 0.227 e. The number of amides is 2. The second-order valence-corrected chi connectivity index (χ2v) is 9.71. The summed E-state index contributed by atoms with van der Waals surface area (Å²) in [7, 11) is 3.87. The Morgan fingerprint density at radius 3 is 2.62 bits per heavy atom. The Balaban J connectivity index is 0.000000192. The molecular weight excluding hydrogens is 448 g/mol. The Morgan fingerprint density at radius 2 is 1.97 bits per heavy atom. The number of aromatic nitrogens is 1. The van der Waals surface area contributed by atoms with E-state index < -0.39 is 0 Å². The van der Waals surface area contributed by atoms with Crippen molar-refractivity contribution in [2.45, 2.75) is 44.6 Å². The molecule has 8 nitrogen and oxygen atoms in total. The van der Waals surface area contributed by atoms with Gasteiger partial charge < -0.3 is 25.9 Å². The number of para-hydroxylation sites is 1. The standard InChI is InChI=1S/C13H20N4S.C12H14N2O2/c1-9-6-13(10(2)16(9)3)18-17-5-4-12(15)11(7-14)8-17;1-14-11(16)6-5-9-3-2-4-10(12(9)14)7-13-8-15/h6-7,14H,4-5,8,15H2,1-3H3;2-4,8H,5-7H2,1H3,(H,13,15). The predicted molar refractivity (Wildman–Crippen MR) is 138 cm³/mol. The molecule has 0 aliphatic carbocycles. The molecule has 2 aliphatic rings. The molecule has 0 bridgehead atoms. The van der Waals surface area contributed by atoms with Crippen LogP contribution in [-0.4, -0.2) is 47.5 Å². The fourth-order valence-corrected chi connectivity index (χ4v) is 5.31. The summed E-state index contributed by atoms with van der Waals surface area (Å²) < 4.78 is 4.48. The van der Waals surface area contributed by atoms with Crippen LogP contribution in [0, 0.1) is 19.3 Å². The molecule has 4 rings (SSSR count). The first-order valence-corrected chi connectivity index (χ1v) is 12.1. The van der Waals surface area contributed by atoms with Crippen LogP contribution in [0.4, 0.5) is 5.69 Å². The molecule has 2 aliphatic heterocycles. The third-order valence-electron chi connectivity index (χ3n) is 6.42. The van der Waals surface area contributed by atoms with E-state index in [4.69, 9.17) is 11.1 Å². The maximum atomic E-state index is 11.6. The van der Waals surface area contributed by atoms with Crippen LogP contribution in [0.2, 0.25) is 0 Å². The van der Waals surface area contributed by atoms with Crippen molar-refractivity contribution >= 4 is 36.2 Å². The number of benzene rings is 1. The highest BCUT2D eigenvalue weighted by Crippen LogP contribution is 2.31. The minimum atomic E-state index is 0.131. The van der Waals surface area contributed by atoms with Gasteiger partial charge in [-0.15, -0.1) is 0 Å². The van der Waals surface area contributed by atoms with Crippen molar-refractivity contribution in [3.63, 3.8) is 0 Å². The van der Waals surface area contributed by atoms with Gasteiger partial charge in [0, 0.05) is 80.3 Å². The SMILES string of the molecule is CN1C(=O)CCc2cccc(CNC=O)c21.Cc1cc(SN2CCC(N)=C(C=N)C2)c(C)n1C. The highest BCUT2D eigenvalue weighted by atomic mass is 32.2. The minimum absolute atomic E-state index is 0.131. The zero-order valence-electron chi connectivity index (χ0n) is 20.4. The molecular formula is C25H34N6O2S. The van der Waals surface area contributed by atoms with E-state index in [9.17, 15) is 9.59 Å². The summed E-state index contributed by atoms with van der Waals surface area (Å²) in [6.07, 6.45) is 4.25. The number of fused-ring (bicyclic) bond motifs is 1. The lowest BCUT2D eigenvalue weighted by molar-refractivity contribution is -0.118. The first kappa shape index (κ1) is 25.6. The molecule has 1 aromatic heterocycles. The summed E-state index contributed by atoms with van der Waals surface area (Å²) in [6.45, 7) is 6.42. The summed E-state index contributed by atoms with van der Waals surface area (Å²) in [6, 6.07) is 8.14. The number of aryl methyl sites for hydroxylation is 2. The van der Waals surface area contributed by atoms with E-state index in [0.717, 1.165) is 48.5 Å². The Bertz CT molecular complexity index is 1110. The topological polar surface area (TPSA) is 107 Å². The van der Waals surface area contributed by atoms with Crippen LogP contribution < -0.4 is 16.0 Å². The fourth-order valence-electron chi connectivity index (χ4n) is 4.15. The van der Waals surface area contributed by atoms with Crippen LogP contribution in [0.15, 0.2) is 40.4 Å². The molecule has 4 N–H and O–H groups in total. The average molecular weight is 483 g/mol. The van der Waals surface area contributed by atoms with Crippen molar-refractivity contribution in [1.82, 2.24) is 14.2 Å². The van der Waals surface area contributed by atoms with Gasteiger partial charge in [-0.1, -0.05) is 18.2 Å². The molecule has 0 spiro atoms. The van der Waals surface area contributed by atoms with Crippen LogP contribution in [0.3, 0.4) is 0 Å². The molecule has 0 fully saturated rings. The lowest BCUT2D eigenvalue weighted by Crippen LogP contribution is -2.32. The van der Waals surface area contributed by atoms with Crippen LogP contribution in [0.1, 0.15) is 35.4 Å². The molecule has 34 heavy (non-hydrogen) atoms. The molecule has 0 unspecified atom stereocenters. The largest absolute Gasteiger partial charge is 0.402 e. The van der Waals surface area contributed by atoms with Crippen LogP contribution in [-0.2, 0) is 29.6 Å². The van der Waals surface area contributed by atoms with E-state index in [0.29, 0.717) is 19.4 Å². The summed E-state index contributed by atoms with van der Waals surface area (Å²) in [5.41, 5.74) is 13.4. The zero-order valence-corrected chi connectivity index (χ0v) is 21.2. The highest BCUT2D eigenvalue weighted by molar-refractivity contribution is 7.97. The van der Waals surface area contributed by atoms with E-state index in [1.54, 1.807) is 23.9 Å². The zero-order chi connectivity index (χ0) is 24.8. The summed E-state index contributed by atoms with van der Waals surface area (Å²) in [5, 5.41) is 10.0. The number of nitrogens with two attached hydrogens (primary N) is 1. The third kappa shape index (κ3) is 5.71. The van der Waals surface area contributed by atoms with Crippen molar-refractivity contribution in [3.8, 4) is 0 Å². The molecule has 1 aromatic carbocycles. The van der Waals surface area contributed by atoms with Gasteiger partial charge in [0.15, 0.2) is 0 Å². The van der Waals surface area contributed by atoms with Crippen LogP contribution in [0.25, 0.3) is 0 Å². The quantitative estimate of drug-likeness (QED) is 0.333. The van der Waals surface area contributed by atoms with Gasteiger partial charge in [0.1, 0.15) is 0 Å². The van der Waals surface area contributed by atoms with Crippen molar-refractivity contribution in [2.75, 3.05) is 25.0 Å². The number of rotatable bonds is 6. The molecule has 2 aromatic rings. The molecule has 0 saturated carbocycles. The van der Waals surface area contributed by atoms with Crippen LogP contribution in [0.5, 0.6) is 0 Å². The lowest BCUT2D eigenvalue weighted by atomic mass is 9.97. The first-order valence-electron chi connectivity index (χ1n) is 11.3.